The Labute approximate surface area is 171 Å². The third-order valence-corrected chi connectivity index (χ3v) is 4.77. The summed E-state index contributed by atoms with van der Waals surface area (Å²) in [6.45, 7) is 1.53. The predicted molar refractivity (Wildman–Crippen MR) is 100 cm³/mol. The minimum absolute atomic E-state index is 0.0877. The van der Waals surface area contributed by atoms with Gasteiger partial charge in [0.1, 0.15) is 5.69 Å². The lowest BCUT2D eigenvalue weighted by Gasteiger charge is -2.17. The van der Waals surface area contributed by atoms with Gasteiger partial charge >= 0.3 is 0 Å². The second-order valence-corrected chi connectivity index (χ2v) is 6.84. The number of rotatable bonds is 3. The van der Waals surface area contributed by atoms with Gasteiger partial charge in [-0.1, -0.05) is 11.6 Å². The van der Waals surface area contributed by atoms with Gasteiger partial charge < -0.3 is 9.73 Å². The Bertz CT molecular complexity index is 1260. The fourth-order valence-electron chi connectivity index (χ4n) is 3.07. The van der Waals surface area contributed by atoms with Crippen molar-refractivity contribution < 1.29 is 32.0 Å². The highest BCUT2D eigenvalue weighted by atomic mass is 35.5. The largest absolute Gasteiger partial charge is 0.459 e. The fraction of sp³-hybridized carbons (Fsp3) is 0.0500. The van der Waals surface area contributed by atoms with E-state index in [0.29, 0.717) is 16.5 Å². The maximum atomic E-state index is 14.7. The van der Waals surface area contributed by atoms with E-state index >= 15 is 0 Å². The molecular weight excluding hydrogens is 425 g/mol. The molecule has 0 aliphatic carbocycles. The van der Waals surface area contributed by atoms with Crippen LogP contribution in [0.2, 0.25) is 5.02 Å². The molecule has 30 heavy (non-hydrogen) atoms. The van der Waals surface area contributed by atoms with Crippen molar-refractivity contribution in [3.63, 3.8) is 0 Å². The Morgan fingerprint density at radius 2 is 1.73 bits per heavy atom. The molecule has 2 heterocycles. The van der Waals surface area contributed by atoms with Crippen molar-refractivity contribution in [3.8, 4) is 0 Å². The highest BCUT2D eigenvalue weighted by molar-refractivity contribution is 6.36. The topological polar surface area (TPSA) is 79.6 Å². The number of furan rings is 1. The van der Waals surface area contributed by atoms with Crippen LogP contribution in [0, 0.1) is 24.4 Å². The van der Waals surface area contributed by atoms with Gasteiger partial charge in [0.2, 0.25) is 0 Å². The average molecular weight is 435 g/mol. The summed E-state index contributed by atoms with van der Waals surface area (Å²) in [6, 6.07) is 5.71. The quantitative estimate of drug-likeness (QED) is 0.478. The number of hydrogen-bond donors (Lipinski definition) is 1. The Hall–Kier alpha value is -3.59. The van der Waals surface area contributed by atoms with Crippen molar-refractivity contribution in [3.05, 3.63) is 81.5 Å². The molecule has 3 aromatic rings. The number of aryl methyl sites for hydroxylation is 1. The van der Waals surface area contributed by atoms with Gasteiger partial charge in [-0.25, -0.2) is 18.1 Å². The fourth-order valence-corrected chi connectivity index (χ4v) is 3.24. The highest BCUT2D eigenvalue weighted by Crippen LogP contribution is 2.36. The Kier molecular flexibility index (Phi) is 4.62. The molecule has 1 aliphatic rings. The van der Waals surface area contributed by atoms with Gasteiger partial charge in [-0.2, -0.15) is 0 Å². The SMILES string of the molecule is Cc1ccoc1C(=O)Nc1c(F)cc(N2C(=O)c3ccc(Cl)cc3C2=O)c(F)c1F. The maximum Gasteiger partial charge on any atom is 0.291 e. The van der Waals surface area contributed by atoms with E-state index in [1.807, 2.05) is 5.32 Å². The average Bonchev–Trinajstić information content (AvgIpc) is 3.23. The van der Waals surface area contributed by atoms with E-state index in [-0.39, 0.29) is 21.9 Å². The Morgan fingerprint density at radius 3 is 2.40 bits per heavy atom. The zero-order chi connectivity index (χ0) is 21.7. The number of benzene rings is 2. The molecule has 1 N–H and O–H groups in total. The number of nitrogens with one attached hydrogen (secondary N) is 1. The summed E-state index contributed by atoms with van der Waals surface area (Å²) in [4.78, 5) is 37.5. The van der Waals surface area contributed by atoms with Crippen LogP contribution in [0.5, 0.6) is 0 Å². The molecule has 0 radical (unpaired) electrons. The second-order valence-electron chi connectivity index (χ2n) is 6.40. The molecule has 0 atom stereocenters. The first-order valence-corrected chi connectivity index (χ1v) is 8.79. The summed E-state index contributed by atoms with van der Waals surface area (Å²) in [6.07, 6.45) is 1.20. The number of anilines is 2. The summed E-state index contributed by atoms with van der Waals surface area (Å²) < 4.78 is 48.8. The molecule has 0 spiro atoms. The molecule has 10 heteroatoms. The van der Waals surface area contributed by atoms with Gasteiger partial charge in [0.05, 0.1) is 23.1 Å². The lowest BCUT2D eigenvalue weighted by atomic mass is 10.1. The van der Waals surface area contributed by atoms with E-state index in [1.54, 1.807) is 0 Å². The third kappa shape index (κ3) is 2.94. The van der Waals surface area contributed by atoms with E-state index in [1.165, 1.54) is 37.5 Å². The van der Waals surface area contributed by atoms with Crippen LogP contribution in [0.3, 0.4) is 0 Å². The summed E-state index contributed by atoms with van der Waals surface area (Å²) >= 11 is 5.81. The van der Waals surface area contributed by atoms with Crippen LogP contribution in [0.4, 0.5) is 24.5 Å². The van der Waals surface area contributed by atoms with Crippen LogP contribution < -0.4 is 10.2 Å². The molecular formula is C20H10ClF3N2O4. The lowest BCUT2D eigenvalue weighted by molar-refractivity contribution is 0.0922. The van der Waals surface area contributed by atoms with E-state index < -0.39 is 46.5 Å². The molecule has 0 unspecified atom stereocenters. The summed E-state index contributed by atoms with van der Waals surface area (Å²) in [5.41, 5.74) is -1.83. The smallest absolute Gasteiger partial charge is 0.291 e. The molecule has 4 rings (SSSR count). The van der Waals surface area contributed by atoms with Crippen LogP contribution in [-0.4, -0.2) is 17.7 Å². The molecule has 1 aromatic heterocycles. The molecule has 0 saturated heterocycles. The number of imide groups is 1. The lowest BCUT2D eigenvalue weighted by Crippen LogP contribution is -2.31. The van der Waals surface area contributed by atoms with Crippen molar-refractivity contribution >= 4 is 40.7 Å². The van der Waals surface area contributed by atoms with Gasteiger partial charge in [-0.05, 0) is 31.2 Å². The van der Waals surface area contributed by atoms with Crippen molar-refractivity contribution in [1.29, 1.82) is 0 Å². The highest BCUT2D eigenvalue weighted by Gasteiger charge is 2.39. The standard InChI is InChI=1S/C20H10ClF3N2O4/c1-8-4-5-30-17(8)18(27)25-16-12(22)7-13(14(23)15(16)24)26-19(28)10-3-2-9(21)6-11(10)20(26)29/h2-7H,1H3,(H,25,27). The monoisotopic (exact) mass is 434 g/mol. The molecule has 2 aromatic carbocycles. The predicted octanol–water partition coefficient (Wildman–Crippen LogP) is 4.71. The second kappa shape index (κ2) is 7.03. The van der Waals surface area contributed by atoms with Crippen LogP contribution in [0.25, 0.3) is 0 Å². The van der Waals surface area contributed by atoms with Crippen molar-refractivity contribution in [1.82, 2.24) is 0 Å². The Morgan fingerprint density at radius 1 is 1.03 bits per heavy atom. The van der Waals surface area contributed by atoms with E-state index in [4.69, 9.17) is 16.0 Å². The normalized spacial score (nSPS) is 13.0. The molecule has 6 nitrogen and oxygen atoms in total. The molecule has 0 saturated carbocycles. The molecule has 0 fully saturated rings. The third-order valence-electron chi connectivity index (χ3n) is 4.54. The van der Waals surface area contributed by atoms with Crippen LogP contribution in [0.1, 0.15) is 36.8 Å². The first-order valence-electron chi connectivity index (χ1n) is 8.42. The van der Waals surface area contributed by atoms with Gasteiger partial charge in [-0.3, -0.25) is 14.4 Å². The number of carbonyl (C=O) groups is 3. The molecule has 152 valence electrons. The van der Waals surface area contributed by atoms with Crippen molar-refractivity contribution in [2.24, 2.45) is 0 Å². The zero-order valence-electron chi connectivity index (χ0n) is 15.1. The molecule has 0 bridgehead atoms. The van der Waals surface area contributed by atoms with Gasteiger partial charge in [0.25, 0.3) is 17.7 Å². The van der Waals surface area contributed by atoms with E-state index in [2.05, 4.69) is 0 Å². The number of halogens is 4. The summed E-state index contributed by atoms with van der Waals surface area (Å²) in [5.74, 6) is -8.03. The minimum atomic E-state index is -1.78. The Balaban J connectivity index is 1.74. The van der Waals surface area contributed by atoms with E-state index in [0.717, 1.165) is 0 Å². The van der Waals surface area contributed by atoms with Crippen LogP contribution >= 0.6 is 11.6 Å². The number of fused-ring (bicyclic) bond motifs is 1. The first kappa shape index (κ1) is 19.7. The number of amides is 3. The van der Waals surface area contributed by atoms with Gasteiger partial charge in [-0.15, -0.1) is 0 Å². The summed E-state index contributed by atoms with van der Waals surface area (Å²) in [7, 11) is 0. The van der Waals surface area contributed by atoms with Crippen LogP contribution in [0.15, 0.2) is 41.0 Å². The van der Waals surface area contributed by atoms with Gasteiger partial charge in [0.15, 0.2) is 23.2 Å². The van der Waals surface area contributed by atoms with Crippen LogP contribution in [-0.2, 0) is 0 Å². The number of nitrogens with zero attached hydrogens (tertiary/aromatic N) is 1. The van der Waals surface area contributed by atoms with Crippen molar-refractivity contribution in [2.45, 2.75) is 6.92 Å². The molecule has 1 aliphatic heterocycles. The van der Waals surface area contributed by atoms with E-state index in [9.17, 15) is 27.6 Å². The molecule has 3 amide bonds. The maximum absolute atomic E-state index is 14.7. The zero-order valence-corrected chi connectivity index (χ0v) is 15.8. The van der Waals surface area contributed by atoms with Gasteiger partial charge in [0, 0.05) is 16.7 Å². The minimum Gasteiger partial charge on any atom is -0.459 e. The number of carbonyl (C=O) groups excluding carboxylic acids is 3. The summed E-state index contributed by atoms with van der Waals surface area (Å²) in [5, 5.41) is 2.05. The van der Waals surface area contributed by atoms with Crippen molar-refractivity contribution in [2.75, 3.05) is 10.2 Å². The number of hydrogen-bond acceptors (Lipinski definition) is 4. The first-order chi connectivity index (χ1) is 14.2.